The molecule has 1 unspecified atom stereocenters. The molecular weight excluding hydrogens is 642 g/mol. The van der Waals surface area contributed by atoms with Gasteiger partial charge in [0.2, 0.25) is 0 Å². The van der Waals surface area contributed by atoms with E-state index in [4.69, 9.17) is 34.5 Å². The highest BCUT2D eigenvalue weighted by molar-refractivity contribution is 8.44. The predicted octanol–water partition coefficient (Wildman–Crippen LogP) is -0.201. The van der Waals surface area contributed by atoms with Crippen molar-refractivity contribution in [3.63, 3.8) is 0 Å². The zero-order chi connectivity index (χ0) is 31.2. The SMILES string of the molecule is Nc1ncnc2c1ncn2[C@@H]1O[C@H](COP)[C@@H](O[P@](=O)(S)OC[C@H]2O[C@@H](n3cnc4c(N)ncnc43)[C@H](CC=O)[C@@H]2O)[C@H]1O. The minimum absolute atomic E-state index is 0.0686. The Morgan fingerprint density at radius 2 is 1.52 bits per heavy atom. The molecule has 236 valence electrons. The highest BCUT2D eigenvalue weighted by Gasteiger charge is 2.50. The standard InChI is InChI=1S/C22H28N10O9P2S/c23-17-12-19(27-5-25-17)31(7-29-12)21-9(1-2-33)14(34)10(39-21)4-38-43(36,44)41-16-11(3-37-42)40-22(15(16)35)32-8-30-13-18(24)26-6-28-20(13)32/h2,5-11,14-16,21-22,34-35H,1,3-4,42H2,(H,36,44)(H2,23,25,27)(H2,24,26,28)/t9-,10-,11-,14+,15-,16-,21-,22-,43-/m1/s1. The van der Waals surface area contributed by atoms with Crippen LogP contribution >= 0.6 is 28.5 Å². The molecule has 0 radical (unpaired) electrons. The van der Waals surface area contributed by atoms with Gasteiger partial charge in [-0.2, -0.15) is 0 Å². The van der Waals surface area contributed by atoms with Gasteiger partial charge in [0, 0.05) is 21.8 Å². The summed E-state index contributed by atoms with van der Waals surface area (Å²) in [4.78, 5) is 36.0. The number of carbonyl (C=O) groups excluding carboxylic acids is 1. The lowest BCUT2D eigenvalue weighted by Gasteiger charge is -2.24. The fraction of sp³-hybridized carbons (Fsp3) is 0.500. The Morgan fingerprint density at radius 3 is 2.11 bits per heavy atom. The van der Waals surface area contributed by atoms with E-state index in [1.165, 1.54) is 34.4 Å². The number of aromatic nitrogens is 8. The van der Waals surface area contributed by atoms with Crippen molar-refractivity contribution in [3.8, 4) is 0 Å². The number of carbonyl (C=O) groups is 1. The van der Waals surface area contributed by atoms with E-state index < -0.39 is 62.3 Å². The van der Waals surface area contributed by atoms with Crippen molar-refractivity contribution in [3.05, 3.63) is 25.3 Å². The van der Waals surface area contributed by atoms with Gasteiger partial charge in [-0.25, -0.2) is 34.5 Å². The summed E-state index contributed by atoms with van der Waals surface area (Å²) < 4.78 is 44.7. The summed E-state index contributed by atoms with van der Waals surface area (Å²) in [6.45, 7) is -4.76. The maximum atomic E-state index is 13.4. The van der Waals surface area contributed by atoms with E-state index in [1.807, 2.05) is 0 Å². The maximum Gasteiger partial charge on any atom is 0.386 e. The van der Waals surface area contributed by atoms with Crippen LogP contribution in [0.1, 0.15) is 18.9 Å². The number of hydrogen-bond donors (Lipinski definition) is 5. The van der Waals surface area contributed by atoms with Gasteiger partial charge in [-0.05, 0) is 0 Å². The molecule has 10 atom stereocenters. The number of aliphatic hydroxyl groups excluding tert-OH is 2. The number of imidazole rings is 2. The summed E-state index contributed by atoms with van der Waals surface area (Å²) in [6, 6.07) is 0. The molecule has 2 aliphatic heterocycles. The molecule has 44 heavy (non-hydrogen) atoms. The van der Waals surface area contributed by atoms with E-state index in [-0.39, 0.29) is 24.7 Å². The minimum Gasteiger partial charge on any atom is -0.390 e. The lowest BCUT2D eigenvalue weighted by Crippen LogP contribution is -2.36. The molecule has 2 saturated heterocycles. The van der Waals surface area contributed by atoms with E-state index >= 15 is 0 Å². The van der Waals surface area contributed by atoms with Gasteiger partial charge in [0.15, 0.2) is 29.2 Å². The lowest BCUT2D eigenvalue weighted by molar-refractivity contribution is -0.110. The predicted molar refractivity (Wildman–Crippen MR) is 157 cm³/mol. The molecule has 0 aliphatic carbocycles. The van der Waals surface area contributed by atoms with Crippen LogP contribution in [0.5, 0.6) is 0 Å². The van der Waals surface area contributed by atoms with Gasteiger partial charge in [0.05, 0.1) is 32.0 Å². The molecule has 0 bridgehead atoms. The Morgan fingerprint density at radius 1 is 0.932 bits per heavy atom. The van der Waals surface area contributed by atoms with Crippen molar-refractivity contribution in [1.29, 1.82) is 0 Å². The molecule has 0 aromatic carbocycles. The molecule has 0 amide bonds. The minimum atomic E-state index is -4.23. The molecule has 4 aromatic rings. The first kappa shape index (κ1) is 31.1. The number of nitrogens with zero attached hydrogens (tertiary/aromatic N) is 8. The molecule has 0 spiro atoms. The average Bonchev–Trinajstić information content (AvgIpc) is 3.75. The number of anilines is 2. The summed E-state index contributed by atoms with van der Waals surface area (Å²) in [5.74, 6) is -0.441. The fourth-order valence-electron chi connectivity index (χ4n) is 5.35. The number of nitrogen functional groups attached to an aromatic ring is 2. The first-order chi connectivity index (χ1) is 21.1. The molecule has 0 saturated carbocycles. The number of aliphatic hydroxyl groups is 2. The summed E-state index contributed by atoms with van der Waals surface area (Å²) >= 11 is 4.10. The molecule has 19 nitrogen and oxygen atoms in total. The van der Waals surface area contributed by atoms with Gasteiger partial charge in [0.25, 0.3) is 0 Å². The van der Waals surface area contributed by atoms with E-state index in [9.17, 15) is 19.6 Å². The van der Waals surface area contributed by atoms with Crippen molar-refractivity contribution in [1.82, 2.24) is 39.0 Å². The summed E-state index contributed by atoms with van der Waals surface area (Å²) in [5.41, 5.74) is 13.0. The number of rotatable bonds is 11. The molecule has 6 heterocycles. The zero-order valence-corrected chi connectivity index (χ0v) is 25.5. The number of thiol groups is 1. The quantitative estimate of drug-likeness (QED) is 0.0786. The van der Waals surface area contributed by atoms with Crippen LogP contribution in [0.2, 0.25) is 0 Å². The topological polar surface area (TPSA) is 260 Å². The molecule has 6 N–H and O–H groups in total. The first-order valence-electron chi connectivity index (χ1n) is 13.1. The van der Waals surface area contributed by atoms with Crippen LogP contribution in [0.25, 0.3) is 22.3 Å². The Bertz CT molecular complexity index is 1710. The van der Waals surface area contributed by atoms with E-state index in [1.54, 1.807) is 0 Å². The van der Waals surface area contributed by atoms with Crippen LogP contribution in [0.15, 0.2) is 25.3 Å². The summed E-state index contributed by atoms with van der Waals surface area (Å²) in [5, 5.41) is 22.2. The molecule has 2 aliphatic rings. The molecule has 4 aromatic heterocycles. The van der Waals surface area contributed by atoms with Gasteiger partial charge in [-0.3, -0.25) is 18.2 Å². The maximum absolute atomic E-state index is 13.4. The Kier molecular flexibility index (Phi) is 8.82. The molecule has 22 heteroatoms. The number of hydrogen-bond acceptors (Lipinski definition) is 17. The van der Waals surface area contributed by atoms with Gasteiger partial charge < -0.3 is 40.5 Å². The third-order valence-electron chi connectivity index (χ3n) is 7.42. The normalized spacial score (nSPS) is 30.3. The second-order valence-electron chi connectivity index (χ2n) is 10.0. The molecule has 2 fully saturated rings. The lowest BCUT2D eigenvalue weighted by atomic mass is 9.97. The smallest absolute Gasteiger partial charge is 0.386 e. The molecule has 6 rings (SSSR count). The van der Waals surface area contributed by atoms with Gasteiger partial charge >= 0.3 is 6.80 Å². The Labute approximate surface area is 255 Å². The highest BCUT2D eigenvalue weighted by Crippen LogP contribution is 2.57. The number of nitrogens with two attached hydrogens (primary N) is 2. The van der Waals surface area contributed by atoms with E-state index in [0.717, 1.165) is 0 Å². The van der Waals surface area contributed by atoms with Gasteiger partial charge in [-0.1, -0.05) is 12.2 Å². The van der Waals surface area contributed by atoms with Crippen LogP contribution in [0, 0.1) is 5.92 Å². The van der Waals surface area contributed by atoms with Crippen molar-refractivity contribution < 1.29 is 42.6 Å². The Hall–Kier alpha value is -2.90. The van der Waals surface area contributed by atoms with Crippen LogP contribution in [0.4, 0.5) is 11.6 Å². The second-order valence-corrected chi connectivity index (χ2v) is 13.2. The fourth-order valence-corrected chi connectivity index (χ4v) is 7.04. The summed E-state index contributed by atoms with van der Waals surface area (Å²) in [6.07, 6.45) is -1.95. The summed E-state index contributed by atoms with van der Waals surface area (Å²) in [7, 11) is 2.06. The zero-order valence-electron chi connectivity index (χ0n) is 22.6. The van der Waals surface area contributed by atoms with Crippen molar-refractivity contribution in [2.24, 2.45) is 5.92 Å². The first-order valence-corrected chi connectivity index (χ1v) is 16.2. The van der Waals surface area contributed by atoms with Crippen molar-refractivity contribution in [2.75, 3.05) is 24.7 Å². The van der Waals surface area contributed by atoms with Crippen LogP contribution in [0.3, 0.4) is 0 Å². The van der Waals surface area contributed by atoms with E-state index in [0.29, 0.717) is 28.6 Å². The third-order valence-corrected chi connectivity index (χ3v) is 9.22. The monoisotopic (exact) mass is 670 g/mol. The van der Waals surface area contributed by atoms with E-state index in [2.05, 4.69) is 51.6 Å². The second kappa shape index (κ2) is 12.5. The average molecular weight is 671 g/mol. The number of aldehydes is 1. The van der Waals surface area contributed by atoms with Crippen molar-refractivity contribution in [2.45, 2.75) is 49.4 Å². The van der Waals surface area contributed by atoms with Crippen LogP contribution < -0.4 is 11.5 Å². The van der Waals surface area contributed by atoms with Crippen LogP contribution in [-0.2, 0) is 32.4 Å². The number of ether oxygens (including phenoxy) is 2. The van der Waals surface area contributed by atoms with Gasteiger partial charge in [0.1, 0.15) is 60.6 Å². The van der Waals surface area contributed by atoms with Crippen LogP contribution in [-0.4, -0.2) is 99.3 Å². The third kappa shape index (κ3) is 5.66. The largest absolute Gasteiger partial charge is 0.390 e. The Balaban J connectivity index is 1.17. The molecular formula is C22H28N10O9P2S. The van der Waals surface area contributed by atoms with Gasteiger partial charge in [-0.15, -0.1) is 0 Å². The van der Waals surface area contributed by atoms with Crippen molar-refractivity contribution >= 4 is 68.8 Å². The highest BCUT2D eigenvalue weighted by atomic mass is 32.7. The number of fused-ring (bicyclic) bond motifs is 2.